The van der Waals surface area contributed by atoms with E-state index in [0.717, 1.165) is 25.9 Å². The van der Waals surface area contributed by atoms with Gasteiger partial charge in [0.1, 0.15) is 0 Å². The van der Waals surface area contributed by atoms with Gasteiger partial charge < -0.3 is 10.6 Å². The van der Waals surface area contributed by atoms with E-state index in [0.29, 0.717) is 0 Å². The Labute approximate surface area is 93.0 Å². The molecule has 0 aliphatic heterocycles. The van der Waals surface area contributed by atoms with Gasteiger partial charge in [-0.25, -0.2) is 0 Å². The van der Waals surface area contributed by atoms with E-state index in [2.05, 4.69) is 24.5 Å². The number of rotatable bonds is 5. The zero-order chi connectivity index (χ0) is 11.3. The van der Waals surface area contributed by atoms with Gasteiger partial charge in [0, 0.05) is 18.0 Å². The van der Waals surface area contributed by atoms with Gasteiger partial charge in [-0.15, -0.1) is 0 Å². The van der Waals surface area contributed by atoms with Crippen molar-refractivity contribution < 1.29 is 4.79 Å². The molecular weight excluding hydrogens is 188 g/mol. The summed E-state index contributed by atoms with van der Waals surface area (Å²) in [5.41, 5.74) is 0.0670. The van der Waals surface area contributed by atoms with Gasteiger partial charge in [-0.05, 0) is 26.3 Å². The number of carbonyl (C=O) groups excluding carboxylic acids is 1. The molecule has 0 aromatic carbocycles. The highest BCUT2D eigenvalue weighted by atomic mass is 16.2. The molecule has 1 amide bonds. The lowest BCUT2D eigenvalue weighted by Crippen LogP contribution is -2.47. The van der Waals surface area contributed by atoms with Gasteiger partial charge in [0.05, 0.1) is 0 Å². The summed E-state index contributed by atoms with van der Waals surface area (Å²) < 4.78 is 0. The summed E-state index contributed by atoms with van der Waals surface area (Å²) in [5, 5.41) is 6.39. The van der Waals surface area contributed by atoms with E-state index in [4.69, 9.17) is 0 Å². The maximum atomic E-state index is 11.9. The summed E-state index contributed by atoms with van der Waals surface area (Å²) in [6.07, 6.45) is 4.76. The number of nitrogens with one attached hydrogen (secondary N) is 2. The zero-order valence-electron chi connectivity index (χ0n) is 10.2. The molecular formula is C12H24N2O. The molecule has 1 aliphatic rings. The van der Waals surface area contributed by atoms with E-state index in [1.54, 1.807) is 0 Å². The largest absolute Gasteiger partial charge is 0.351 e. The van der Waals surface area contributed by atoms with Crippen molar-refractivity contribution in [3.05, 3.63) is 0 Å². The van der Waals surface area contributed by atoms with Crippen LogP contribution in [0.2, 0.25) is 0 Å². The first kappa shape index (κ1) is 12.5. The molecule has 1 unspecified atom stereocenters. The quantitative estimate of drug-likeness (QED) is 0.728. The van der Waals surface area contributed by atoms with E-state index < -0.39 is 0 Å². The fourth-order valence-corrected chi connectivity index (χ4v) is 2.15. The molecule has 1 saturated carbocycles. The monoisotopic (exact) mass is 212 g/mol. The van der Waals surface area contributed by atoms with E-state index in [1.807, 2.05) is 6.92 Å². The van der Waals surface area contributed by atoms with Crippen molar-refractivity contribution in [3.8, 4) is 0 Å². The van der Waals surface area contributed by atoms with Gasteiger partial charge in [0.15, 0.2) is 0 Å². The number of carbonyl (C=O) groups is 1. The van der Waals surface area contributed by atoms with Crippen LogP contribution < -0.4 is 10.6 Å². The van der Waals surface area contributed by atoms with E-state index in [-0.39, 0.29) is 17.4 Å². The molecule has 1 rings (SSSR count). The van der Waals surface area contributed by atoms with Crippen molar-refractivity contribution in [1.82, 2.24) is 10.6 Å². The average molecular weight is 212 g/mol. The Morgan fingerprint density at radius 3 is 2.53 bits per heavy atom. The molecule has 0 heterocycles. The smallest absolute Gasteiger partial charge is 0.224 e. The normalized spacial score (nSPS) is 21.3. The van der Waals surface area contributed by atoms with Crippen molar-refractivity contribution in [2.24, 2.45) is 5.92 Å². The van der Waals surface area contributed by atoms with Crippen LogP contribution >= 0.6 is 0 Å². The first-order valence-corrected chi connectivity index (χ1v) is 6.10. The molecule has 3 nitrogen and oxygen atoms in total. The highest BCUT2D eigenvalue weighted by Crippen LogP contribution is 2.29. The summed E-state index contributed by atoms with van der Waals surface area (Å²) in [6, 6.07) is 0. The fraction of sp³-hybridized carbons (Fsp3) is 0.917. The molecule has 15 heavy (non-hydrogen) atoms. The SMILES string of the molecule is CCNCC(C)C(=O)NC1(C)CCCC1. The third-order valence-electron chi connectivity index (χ3n) is 3.28. The van der Waals surface area contributed by atoms with E-state index in [1.165, 1.54) is 12.8 Å². The van der Waals surface area contributed by atoms with Gasteiger partial charge in [-0.2, -0.15) is 0 Å². The maximum absolute atomic E-state index is 11.9. The molecule has 0 radical (unpaired) electrons. The topological polar surface area (TPSA) is 41.1 Å². The molecule has 88 valence electrons. The van der Waals surface area contributed by atoms with Crippen molar-refractivity contribution in [2.75, 3.05) is 13.1 Å². The third kappa shape index (κ3) is 3.82. The molecule has 0 bridgehead atoms. The lowest BCUT2D eigenvalue weighted by Gasteiger charge is -2.27. The van der Waals surface area contributed by atoms with Crippen LogP contribution in [0.1, 0.15) is 46.5 Å². The molecule has 0 aromatic rings. The molecule has 0 spiro atoms. The van der Waals surface area contributed by atoms with Gasteiger partial charge in [0.2, 0.25) is 5.91 Å². The standard InChI is InChI=1S/C12H24N2O/c1-4-13-9-10(2)11(15)14-12(3)7-5-6-8-12/h10,13H,4-9H2,1-3H3,(H,14,15). The predicted octanol–water partition coefficient (Wildman–Crippen LogP) is 1.68. The average Bonchev–Trinajstić information content (AvgIpc) is 2.61. The van der Waals surface area contributed by atoms with Crippen LogP contribution in [-0.2, 0) is 4.79 Å². The van der Waals surface area contributed by atoms with Crippen LogP contribution in [0.25, 0.3) is 0 Å². The summed E-state index contributed by atoms with van der Waals surface area (Å²) in [7, 11) is 0. The van der Waals surface area contributed by atoms with Crippen LogP contribution in [0, 0.1) is 5.92 Å². The van der Waals surface area contributed by atoms with Gasteiger partial charge in [-0.3, -0.25) is 4.79 Å². The van der Waals surface area contributed by atoms with Crippen molar-refractivity contribution >= 4 is 5.91 Å². The van der Waals surface area contributed by atoms with E-state index >= 15 is 0 Å². The number of amides is 1. The Hall–Kier alpha value is -0.570. The molecule has 0 aromatic heterocycles. The lowest BCUT2D eigenvalue weighted by molar-refractivity contribution is -0.126. The Bertz CT molecular complexity index is 210. The highest BCUT2D eigenvalue weighted by molar-refractivity contribution is 5.79. The Balaban J connectivity index is 2.33. The Morgan fingerprint density at radius 1 is 1.40 bits per heavy atom. The Kier molecular flexibility index (Phi) is 4.58. The second-order valence-corrected chi connectivity index (χ2v) is 4.97. The van der Waals surface area contributed by atoms with Gasteiger partial charge in [-0.1, -0.05) is 26.7 Å². The van der Waals surface area contributed by atoms with Crippen LogP contribution in [0.4, 0.5) is 0 Å². The molecule has 0 saturated heterocycles. The summed E-state index contributed by atoms with van der Waals surface area (Å²) in [5.74, 6) is 0.266. The highest BCUT2D eigenvalue weighted by Gasteiger charge is 2.31. The summed E-state index contributed by atoms with van der Waals surface area (Å²) in [6.45, 7) is 7.91. The Morgan fingerprint density at radius 2 is 2.00 bits per heavy atom. The molecule has 1 aliphatic carbocycles. The minimum Gasteiger partial charge on any atom is -0.351 e. The third-order valence-corrected chi connectivity index (χ3v) is 3.28. The molecule has 2 N–H and O–H groups in total. The van der Waals surface area contributed by atoms with Crippen LogP contribution in [-0.4, -0.2) is 24.5 Å². The van der Waals surface area contributed by atoms with Crippen LogP contribution in [0.5, 0.6) is 0 Å². The number of hydrogen-bond acceptors (Lipinski definition) is 2. The van der Waals surface area contributed by atoms with Crippen LogP contribution in [0.15, 0.2) is 0 Å². The van der Waals surface area contributed by atoms with E-state index in [9.17, 15) is 4.79 Å². The van der Waals surface area contributed by atoms with Crippen LogP contribution in [0.3, 0.4) is 0 Å². The molecule has 3 heteroatoms. The van der Waals surface area contributed by atoms with Gasteiger partial charge in [0.25, 0.3) is 0 Å². The molecule has 1 atom stereocenters. The predicted molar refractivity (Wildman–Crippen MR) is 62.7 cm³/mol. The zero-order valence-corrected chi connectivity index (χ0v) is 10.2. The van der Waals surface area contributed by atoms with Crippen molar-refractivity contribution in [2.45, 2.75) is 52.0 Å². The van der Waals surface area contributed by atoms with Crippen molar-refractivity contribution in [3.63, 3.8) is 0 Å². The minimum absolute atomic E-state index is 0.0670. The first-order chi connectivity index (χ1) is 7.07. The lowest BCUT2D eigenvalue weighted by atomic mass is 9.99. The van der Waals surface area contributed by atoms with Crippen molar-refractivity contribution in [1.29, 1.82) is 0 Å². The summed E-state index contributed by atoms with van der Waals surface area (Å²) in [4.78, 5) is 11.9. The maximum Gasteiger partial charge on any atom is 0.224 e. The minimum atomic E-state index is 0.0670. The molecule has 1 fully saturated rings. The number of hydrogen-bond donors (Lipinski definition) is 2. The van der Waals surface area contributed by atoms with Gasteiger partial charge >= 0.3 is 0 Å². The second-order valence-electron chi connectivity index (χ2n) is 4.97. The summed E-state index contributed by atoms with van der Waals surface area (Å²) >= 11 is 0. The second kappa shape index (κ2) is 5.50. The first-order valence-electron chi connectivity index (χ1n) is 6.10. The fourth-order valence-electron chi connectivity index (χ4n) is 2.15.